The molecule has 1 aromatic heterocycles. The summed E-state index contributed by atoms with van der Waals surface area (Å²) in [4.78, 5) is 11.0. The van der Waals surface area contributed by atoms with E-state index < -0.39 is 0 Å². The maximum Gasteiger partial charge on any atom is 0.224 e. The summed E-state index contributed by atoms with van der Waals surface area (Å²) in [7, 11) is 2.01. The second-order valence-corrected chi connectivity index (χ2v) is 5.65. The van der Waals surface area contributed by atoms with Gasteiger partial charge in [0, 0.05) is 25.5 Å². The second-order valence-electron chi connectivity index (χ2n) is 5.65. The van der Waals surface area contributed by atoms with Gasteiger partial charge in [0.05, 0.1) is 0 Å². The first-order valence-electron chi connectivity index (χ1n) is 8.22. The maximum absolute atomic E-state index is 4.60. The molecule has 0 aliphatic carbocycles. The molecule has 24 heavy (non-hydrogen) atoms. The fourth-order valence-corrected chi connectivity index (χ4v) is 2.54. The number of rotatable bonds is 7. The minimum absolute atomic E-state index is 0.670. The third kappa shape index (κ3) is 4.32. The molecule has 4 heteroatoms. The molecule has 3 aromatic rings. The predicted octanol–water partition coefficient (Wildman–Crippen LogP) is 4.29. The number of para-hydroxylation sites is 1. The van der Waals surface area contributed by atoms with Crippen LogP contribution in [-0.4, -0.2) is 23.6 Å². The van der Waals surface area contributed by atoms with Gasteiger partial charge in [0.1, 0.15) is 5.82 Å². The minimum atomic E-state index is 0.670. The zero-order chi connectivity index (χ0) is 16.6. The number of aromatic nitrogens is 2. The average molecular weight is 318 g/mol. The van der Waals surface area contributed by atoms with Crippen LogP contribution in [0.1, 0.15) is 12.0 Å². The number of nitrogens with zero attached hydrogens (tertiary/aromatic N) is 3. The Morgan fingerprint density at radius 1 is 0.917 bits per heavy atom. The monoisotopic (exact) mass is 318 g/mol. The van der Waals surface area contributed by atoms with Gasteiger partial charge in [0.2, 0.25) is 5.95 Å². The fraction of sp³-hybridized carbons (Fsp3) is 0.200. The van der Waals surface area contributed by atoms with E-state index >= 15 is 0 Å². The van der Waals surface area contributed by atoms with E-state index in [2.05, 4.69) is 56.6 Å². The highest BCUT2D eigenvalue weighted by atomic mass is 15.2. The van der Waals surface area contributed by atoms with Crippen LogP contribution in [0.15, 0.2) is 72.9 Å². The van der Waals surface area contributed by atoms with Crippen LogP contribution in [0.25, 0.3) is 0 Å². The quantitative estimate of drug-likeness (QED) is 0.660. The lowest BCUT2D eigenvalue weighted by molar-refractivity contribution is 0.852. The number of nitrogens with one attached hydrogen (secondary N) is 1. The molecule has 0 spiro atoms. The molecule has 0 radical (unpaired) electrons. The maximum atomic E-state index is 4.60. The lowest BCUT2D eigenvalue weighted by atomic mass is 10.1. The molecule has 0 aliphatic rings. The van der Waals surface area contributed by atoms with E-state index in [-0.39, 0.29) is 0 Å². The summed E-state index contributed by atoms with van der Waals surface area (Å²) in [5.74, 6) is 1.55. The minimum Gasteiger partial charge on any atom is -0.354 e. The van der Waals surface area contributed by atoms with Gasteiger partial charge in [0.15, 0.2) is 0 Å². The molecule has 4 nitrogen and oxygen atoms in total. The lowest BCUT2D eigenvalue weighted by Crippen LogP contribution is -2.13. The first kappa shape index (κ1) is 16.0. The largest absolute Gasteiger partial charge is 0.354 e. The van der Waals surface area contributed by atoms with Crippen molar-refractivity contribution in [2.75, 3.05) is 23.8 Å². The molecule has 0 atom stereocenters. The molecule has 0 saturated heterocycles. The summed E-state index contributed by atoms with van der Waals surface area (Å²) in [5.41, 5.74) is 2.46. The summed E-state index contributed by atoms with van der Waals surface area (Å²) < 4.78 is 0. The van der Waals surface area contributed by atoms with Crippen molar-refractivity contribution in [3.05, 3.63) is 78.5 Å². The summed E-state index contributed by atoms with van der Waals surface area (Å²) >= 11 is 0. The first-order chi connectivity index (χ1) is 11.8. The zero-order valence-corrected chi connectivity index (χ0v) is 13.9. The molecule has 122 valence electrons. The summed E-state index contributed by atoms with van der Waals surface area (Å²) in [5, 5.41) is 3.31. The van der Waals surface area contributed by atoms with E-state index in [0.29, 0.717) is 5.95 Å². The molecule has 0 bridgehead atoms. The molecule has 1 heterocycles. The number of hydrogen-bond acceptors (Lipinski definition) is 4. The Morgan fingerprint density at radius 3 is 2.38 bits per heavy atom. The highest BCUT2D eigenvalue weighted by Gasteiger charge is 2.06. The number of anilines is 3. The molecule has 0 fully saturated rings. The van der Waals surface area contributed by atoms with Gasteiger partial charge in [-0.25, -0.2) is 4.98 Å². The zero-order valence-electron chi connectivity index (χ0n) is 13.9. The van der Waals surface area contributed by atoms with Gasteiger partial charge in [0.25, 0.3) is 0 Å². The summed E-state index contributed by atoms with van der Waals surface area (Å²) in [6, 6.07) is 22.6. The van der Waals surface area contributed by atoms with Gasteiger partial charge in [-0.05, 0) is 36.6 Å². The number of hydrogen-bond donors (Lipinski definition) is 1. The Balaban J connectivity index is 1.55. The Bertz CT molecular complexity index is 744. The molecule has 0 unspecified atom stereocenters. The lowest BCUT2D eigenvalue weighted by Gasteiger charge is -2.18. The Kier molecular flexibility index (Phi) is 5.40. The van der Waals surface area contributed by atoms with Crippen LogP contribution in [0.3, 0.4) is 0 Å². The first-order valence-corrected chi connectivity index (χ1v) is 8.22. The van der Waals surface area contributed by atoms with Crippen molar-refractivity contribution in [3.63, 3.8) is 0 Å². The van der Waals surface area contributed by atoms with Gasteiger partial charge in [-0.15, -0.1) is 0 Å². The normalized spacial score (nSPS) is 10.4. The van der Waals surface area contributed by atoms with Crippen LogP contribution in [0, 0.1) is 0 Å². The molecular formula is C20H22N4. The fourth-order valence-electron chi connectivity index (χ4n) is 2.54. The van der Waals surface area contributed by atoms with Gasteiger partial charge in [-0.3, -0.25) is 0 Å². The van der Waals surface area contributed by atoms with Crippen LogP contribution in [0.5, 0.6) is 0 Å². The number of aryl methyl sites for hydroxylation is 1. The number of benzene rings is 2. The summed E-state index contributed by atoms with van der Waals surface area (Å²) in [6.45, 7) is 0.855. The molecule has 1 N–H and O–H groups in total. The Labute approximate surface area is 143 Å². The van der Waals surface area contributed by atoms with Crippen molar-refractivity contribution < 1.29 is 0 Å². The van der Waals surface area contributed by atoms with Crippen LogP contribution in [0.4, 0.5) is 17.5 Å². The van der Waals surface area contributed by atoms with E-state index in [1.165, 1.54) is 5.56 Å². The molecule has 0 aliphatic heterocycles. The van der Waals surface area contributed by atoms with E-state index in [0.717, 1.165) is 30.9 Å². The Hall–Kier alpha value is -2.88. The molecule has 0 amide bonds. The highest BCUT2D eigenvalue weighted by molar-refractivity contribution is 5.59. The van der Waals surface area contributed by atoms with Gasteiger partial charge >= 0.3 is 0 Å². The predicted molar refractivity (Wildman–Crippen MR) is 99.8 cm³/mol. The molecule has 3 rings (SSSR count). The van der Waals surface area contributed by atoms with E-state index in [1.54, 1.807) is 6.20 Å². The van der Waals surface area contributed by atoms with Crippen LogP contribution in [-0.2, 0) is 6.42 Å². The average Bonchev–Trinajstić information content (AvgIpc) is 2.66. The molecule has 0 saturated carbocycles. The topological polar surface area (TPSA) is 41.1 Å². The third-order valence-corrected chi connectivity index (χ3v) is 3.90. The van der Waals surface area contributed by atoms with Crippen molar-refractivity contribution in [1.29, 1.82) is 0 Å². The van der Waals surface area contributed by atoms with E-state index in [9.17, 15) is 0 Å². The van der Waals surface area contributed by atoms with Crippen LogP contribution >= 0.6 is 0 Å². The highest BCUT2D eigenvalue weighted by Crippen LogP contribution is 2.21. The van der Waals surface area contributed by atoms with Crippen molar-refractivity contribution in [2.24, 2.45) is 0 Å². The SMILES string of the molecule is CN(c1ccccc1)c1ccnc(NCCCc2ccccc2)n1. The smallest absolute Gasteiger partial charge is 0.224 e. The van der Waals surface area contributed by atoms with Crippen molar-refractivity contribution in [3.8, 4) is 0 Å². The van der Waals surface area contributed by atoms with E-state index in [1.807, 2.05) is 37.4 Å². The molecular weight excluding hydrogens is 296 g/mol. The molecule has 2 aromatic carbocycles. The second kappa shape index (κ2) is 8.11. The van der Waals surface area contributed by atoms with Crippen molar-refractivity contribution in [1.82, 2.24) is 9.97 Å². The van der Waals surface area contributed by atoms with E-state index in [4.69, 9.17) is 0 Å². The van der Waals surface area contributed by atoms with Crippen LogP contribution < -0.4 is 10.2 Å². The summed E-state index contributed by atoms with van der Waals surface area (Å²) in [6.07, 6.45) is 3.89. The van der Waals surface area contributed by atoms with Gasteiger partial charge < -0.3 is 10.2 Å². The van der Waals surface area contributed by atoms with Gasteiger partial charge in [-0.2, -0.15) is 4.98 Å². The van der Waals surface area contributed by atoms with Crippen LogP contribution in [0.2, 0.25) is 0 Å². The van der Waals surface area contributed by atoms with Crippen molar-refractivity contribution in [2.45, 2.75) is 12.8 Å². The third-order valence-electron chi connectivity index (χ3n) is 3.90. The Morgan fingerprint density at radius 2 is 1.62 bits per heavy atom. The standard InChI is InChI=1S/C20H22N4/c1-24(18-12-6-3-7-13-18)19-14-16-22-20(23-19)21-15-8-11-17-9-4-2-5-10-17/h2-7,9-10,12-14,16H,8,11,15H2,1H3,(H,21,22,23). The van der Waals surface area contributed by atoms with Crippen molar-refractivity contribution >= 4 is 17.5 Å². The van der Waals surface area contributed by atoms with Gasteiger partial charge in [-0.1, -0.05) is 48.5 Å².